The van der Waals surface area contributed by atoms with Crippen LogP contribution in [0.4, 0.5) is 65.9 Å². The van der Waals surface area contributed by atoms with Crippen molar-refractivity contribution in [2.75, 3.05) is 124 Å². The third-order valence-electron chi connectivity index (χ3n) is 30.4. The summed E-state index contributed by atoms with van der Waals surface area (Å²) in [5.41, 5.74) is 10.8. The fourth-order valence-corrected chi connectivity index (χ4v) is 22.2. The van der Waals surface area contributed by atoms with Gasteiger partial charge in [0.25, 0.3) is 29.5 Å². The van der Waals surface area contributed by atoms with E-state index in [9.17, 15) is 94.9 Å². The fraction of sp³-hybridized carbons (Fsp3) is 0.519. The van der Waals surface area contributed by atoms with E-state index in [0.29, 0.717) is 219 Å². The Balaban J connectivity index is 0.000000130. The van der Waals surface area contributed by atoms with Crippen molar-refractivity contribution in [2.24, 2.45) is 0 Å². The van der Waals surface area contributed by atoms with E-state index >= 15 is 0 Å². The number of H-pyrrole nitrogens is 5. The third kappa shape index (κ3) is 24.4. The van der Waals surface area contributed by atoms with Crippen LogP contribution >= 0.6 is 0 Å². The average Bonchev–Trinajstić information content (AvgIpc) is 1.66. The number of fused-ring (bicyclic) bond motifs is 5. The number of aliphatic hydroxyl groups excluding tert-OH is 1. The van der Waals surface area contributed by atoms with Crippen LogP contribution in [0.25, 0.3) is 0 Å². The smallest absolute Gasteiger partial charge is 0.395 e. The van der Waals surface area contributed by atoms with E-state index in [2.05, 4.69) is 103 Å². The zero-order valence-electron chi connectivity index (χ0n) is 81.6. The number of nitrogens with one attached hydrogen (secondary N) is 5. The number of carbonyl (C=O) groups is 5. The number of likely N-dealkylation sites (tertiary alicyclic amines) is 5. The lowest BCUT2D eigenvalue weighted by Gasteiger charge is -2.33. The Hall–Kier alpha value is -11.8. The first-order valence-electron chi connectivity index (χ1n) is 50.2. The number of likely N-dealkylation sites (N-methyl/N-ethyl adjacent to an activating group) is 2. The molecule has 5 fully saturated rings. The minimum Gasteiger partial charge on any atom is -0.395 e. The van der Waals surface area contributed by atoms with Crippen molar-refractivity contribution in [3.63, 3.8) is 0 Å². The van der Waals surface area contributed by atoms with Crippen LogP contribution in [0.5, 0.6) is 0 Å². The van der Waals surface area contributed by atoms with E-state index in [-0.39, 0.29) is 65.7 Å². The summed E-state index contributed by atoms with van der Waals surface area (Å²) in [5.74, 6) is -1.66. The van der Waals surface area contributed by atoms with Gasteiger partial charge in [0, 0.05) is 177 Å². The topological polar surface area (TPSA) is 281 Å². The Morgan fingerprint density at radius 2 is 0.497 bits per heavy atom. The van der Waals surface area contributed by atoms with Crippen LogP contribution in [-0.2, 0) is 96.0 Å². The Morgan fingerprint density at radius 1 is 0.276 bits per heavy atom. The SMILES string of the molecule is CCN1CCc2[nH]nc(C(=O)N3CCC(c4ccccc4C(F)(F)F)CC3)c2C1.CCN1CCc2c(C(=O)N3CCC(c4ccccc4C(F)(F)F)CC3)n[nH]c2C1.CCN1Cc2[nH]nc(C(=O)N3CCC(c4ccccc4C(F)(F)F)CC3)c2C1.CCN1Cc2[nH]nc(C(=O)N3CCC(c4ccccc4C(F)(F)F)CC3)c2C1.O=C(c1n[nH]c2c1CN(CCO)CCC2)N1CCC(c2ccccc2C(F)(F)F)CC1. The third-order valence-corrected chi connectivity index (χ3v) is 30.4. The molecule has 5 aromatic carbocycles. The van der Waals surface area contributed by atoms with Crippen LogP contribution in [0.2, 0.25) is 0 Å². The molecule has 780 valence electrons. The van der Waals surface area contributed by atoms with Gasteiger partial charge in [0.1, 0.15) is 0 Å². The largest absolute Gasteiger partial charge is 0.416 e. The minimum atomic E-state index is -4.38. The zero-order valence-corrected chi connectivity index (χ0v) is 81.6. The number of aromatic nitrogens is 10. The van der Waals surface area contributed by atoms with Gasteiger partial charge >= 0.3 is 30.9 Å². The van der Waals surface area contributed by atoms with Gasteiger partial charge in [0.05, 0.1) is 51.5 Å². The van der Waals surface area contributed by atoms with Gasteiger partial charge in [-0.2, -0.15) is 91.3 Å². The lowest BCUT2D eigenvalue weighted by Crippen LogP contribution is -2.39. The maximum Gasteiger partial charge on any atom is 0.416 e. The van der Waals surface area contributed by atoms with E-state index in [1.165, 1.54) is 30.3 Å². The molecule has 0 spiro atoms. The zero-order chi connectivity index (χ0) is 103. The summed E-state index contributed by atoms with van der Waals surface area (Å²) >= 11 is 0. The lowest BCUT2D eigenvalue weighted by atomic mass is 9.86. The Bertz CT molecular complexity index is 5970. The first-order chi connectivity index (χ1) is 69.4. The maximum atomic E-state index is 13.4. The maximum absolute atomic E-state index is 13.4. The van der Waals surface area contributed by atoms with E-state index < -0.39 is 58.7 Å². The summed E-state index contributed by atoms with van der Waals surface area (Å²) < 4.78 is 200. The van der Waals surface area contributed by atoms with Crippen molar-refractivity contribution in [1.82, 2.24) is 100.0 Å². The van der Waals surface area contributed by atoms with Crippen molar-refractivity contribution in [1.29, 1.82) is 0 Å². The number of hydrogen-bond donors (Lipinski definition) is 6. The molecule has 0 bridgehead atoms. The molecule has 0 unspecified atom stereocenters. The first kappa shape index (κ1) is 106. The van der Waals surface area contributed by atoms with E-state index in [4.69, 9.17) is 0 Å². The van der Waals surface area contributed by atoms with E-state index in [0.717, 1.165) is 178 Å². The van der Waals surface area contributed by atoms with E-state index in [1.54, 1.807) is 85.2 Å². The second-order valence-corrected chi connectivity index (χ2v) is 38.9. The molecule has 26 nitrogen and oxygen atoms in total. The van der Waals surface area contributed by atoms with Gasteiger partial charge in [-0.3, -0.25) is 74.0 Å². The summed E-state index contributed by atoms with van der Waals surface area (Å²) in [6.45, 7) is 24.6. The van der Waals surface area contributed by atoms with Crippen LogP contribution < -0.4 is 0 Å². The van der Waals surface area contributed by atoms with Gasteiger partial charge in [-0.1, -0.05) is 119 Å². The number of alkyl halides is 15. The predicted octanol–water partition coefficient (Wildman–Crippen LogP) is 18.4. The number of nitrogens with zero attached hydrogens (tertiary/aromatic N) is 15. The van der Waals surface area contributed by atoms with Crippen LogP contribution in [-0.4, -0.2) is 259 Å². The molecule has 5 aromatic heterocycles. The molecule has 15 heterocycles. The van der Waals surface area contributed by atoms with Crippen molar-refractivity contribution >= 4 is 29.5 Å². The van der Waals surface area contributed by atoms with Crippen LogP contribution in [0.15, 0.2) is 121 Å². The first-order valence-corrected chi connectivity index (χ1v) is 50.2. The normalized spacial score (nSPS) is 18.6. The molecule has 10 aromatic rings. The second-order valence-electron chi connectivity index (χ2n) is 38.9. The quantitative estimate of drug-likeness (QED) is 0.0490. The van der Waals surface area contributed by atoms with Crippen LogP contribution in [0.3, 0.4) is 0 Å². The molecular weight excluding hydrogens is 1910 g/mol. The van der Waals surface area contributed by atoms with Gasteiger partial charge in [0.15, 0.2) is 28.5 Å². The monoisotopic (exact) mass is 2030 g/mol. The van der Waals surface area contributed by atoms with E-state index in [1.807, 2.05) is 0 Å². The van der Waals surface area contributed by atoms with Gasteiger partial charge in [-0.15, -0.1) is 0 Å². The highest BCUT2D eigenvalue weighted by Crippen LogP contribution is 2.47. The lowest BCUT2D eigenvalue weighted by molar-refractivity contribution is -0.139. The van der Waals surface area contributed by atoms with Crippen molar-refractivity contribution in [2.45, 2.75) is 224 Å². The number of halogens is 15. The van der Waals surface area contributed by atoms with Crippen molar-refractivity contribution < 1.29 is 94.9 Å². The van der Waals surface area contributed by atoms with Gasteiger partial charge in [-0.05, 0) is 204 Å². The summed E-state index contributed by atoms with van der Waals surface area (Å²) in [6, 6.07) is 28.8. The molecule has 0 radical (unpaired) electrons. The van der Waals surface area contributed by atoms with Gasteiger partial charge in [0.2, 0.25) is 0 Å². The minimum absolute atomic E-state index is 0.0589. The number of benzene rings is 5. The number of piperidine rings is 5. The number of carbonyl (C=O) groups excluding carboxylic acids is 5. The van der Waals surface area contributed by atoms with Crippen LogP contribution in [0, 0.1) is 0 Å². The summed E-state index contributed by atoms with van der Waals surface area (Å²) in [4.78, 5) is 84.8. The molecular formula is C104H123F15N20O6. The summed E-state index contributed by atoms with van der Waals surface area (Å²) in [6.07, 6.45) is -13.3. The van der Waals surface area contributed by atoms with Crippen molar-refractivity contribution in [3.05, 3.63) is 262 Å². The standard InChI is InChI=1S/C22H27F3N4O2.2C21H25F3N4O.2C20H23F3N4O/c23-22(24,25)18-5-2-1-4-16(18)15-7-10-29(11-8-15)21(31)20-17-14-28(12-13-30)9-3-6-19(17)26-27-20;1-2-27-10-9-18-16(13-27)19(26-25-18)20(29)28-11-7-14(8-12-28)15-5-3-4-6-17(15)21(22,23)24;1-2-27-10-9-16-18(13-27)25-26-19(16)20(29)28-11-7-14(8-12-28)15-5-3-4-6-17(15)21(22,23)24;2*1-2-26-11-15-17(12-26)24-25-18(15)19(28)27-9-7-13(8-10-27)14-5-3-4-6-16(14)20(21,22)23/h1-2,4-5,15,30H,3,6-14H2,(H,26,27);2*3-6,14H,2,7-13H2,1H3,(H,25,26);2*3-6,13H,2,7-12H2,1H3,(H,24,25). The molecule has 10 aliphatic heterocycles. The molecule has 10 aliphatic rings. The molecule has 20 rings (SSSR count). The summed E-state index contributed by atoms with van der Waals surface area (Å²) in [5, 5.41) is 45.5. The molecule has 0 aliphatic carbocycles. The number of amides is 5. The highest BCUT2D eigenvalue weighted by atomic mass is 19.4. The molecule has 145 heavy (non-hydrogen) atoms. The number of aliphatic hydroxyl groups is 1. The Morgan fingerprint density at radius 3 is 0.772 bits per heavy atom. The van der Waals surface area contributed by atoms with Crippen LogP contribution in [0.1, 0.15) is 292 Å². The number of aryl methyl sites for hydroxylation is 1. The molecule has 5 amide bonds. The molecule has 41 heteroatoms. The average molecular weight is 2030 g/mol. The highest BCUT2D eigenvalue weighted by molar-refractivity contribution is 5.97. The fourth-order valence-electron chi connectivity index (χ4n) is 22.2. The van der Waals surface area contributed by atoms with Crippen molar-refractivity contribution in [3.8, 4) is 0 Å². The Labute approximate surface area is 830 Å². The van der Waals surface area contributed by atoms with Gasteiger partial charge in [-0.25, -0.2) is 0 Å². The number of hydrogen-bond acceptors (Lipinski definition) is 16. The predicted molar refractivity (Wildman–Crippen MR) is 509 cm³/mol. The number of β-amino-alcohol motifs (C(OH)–C–C–N with tert-alkyl or cyclic N) is 1. The van der Waals surface area contributed by atoms with Gasteiger partial charge < -0.3 is 29.6 Å². The number of aromatic amines is 5. The second kappa shape index (κ2) is 45.7. The molecule has 6 N–H and O–H groups in total. The summed E-state index contributed by atoms with van der Waals surface area (Å²) in [7, 11) is 0. The Kier molecular flexibility index (Phi) is 33.4. The molecule has 0 saturated carbocycles. The highest BCUT2D eigenvalue weighted by Gasteiger charge is 2.45. The number of rotatable bonds is 16. The molecule has 0 atom stereocenters. The molecule has 5 saturated heterocycles.